The lowest BCUT2D eigenvalue weighted by Gasteiger charge is -2.26. The van der Waals surface area contributed by atoms with Gasteiger partial charge >= 0.3 is 0 Å². The summed E-state index contributed by atoms with van der Waals surface area (Å²) in [7, 11) is 1.75. The number of para-hydroxylation sites is 1. The molecule has 0 aliphatic carbocycles. The van der Waals surface area contributed by atoms with Gasteiger partial charge in [0.25, 0.3) is 0 Å². The molecule has 1 aromatic carbocycles. The molecule has 2 rings (SSSR count). The van der Waals surface area contributed by atoms with Gasteiger partial charge in [0.05, 0.1) is 19.8 Å². The first-order chi connectivity index (χ1) is 10.8. The lowest BCUT2D eigenvalue weighted by atomic mass is 10.2. The van der Waals surface area contributed by atoms with E-state index in [2.05, 4.69) is 15.5 Å². The van der Waals surface area contributed by atoms with Crippen molar-refractivity contribution < 1.29 is 14.3 Å². The third-order valence-corrected chi connectivity index (χ3v) is 3.55. The summed E-state index contributed by atoms with van der Waals surface area (Å²) in [6, 6.07) is 7.82. The van der Waals surface area contributed by atoms with Gasteiger partial charge in [0.2, 0.25) is 5.91 Å². The first-order valence-electron chi connectivity index (χ1n) is 7.71. The average Bonchev–Trinajstić information content (AvgIpc) is 2.55. The van der Waals surface area contributed by atoms with E-state index in [9.17, 15) is 4.79 Å². The molecule has 1 fully saturated rings. The summed E-state index contributed by atoms with van der Waals surface area (Å²) in [5.41, 5.74) is 0.994. The quantitative estimate of drug-likeness (QED) is 0.720. The summed E-state index contributed by atoms with van der Waals surface area (Å²) in [4.78, 5) is 13.8. The number of ether oxygens (including phenoxy) is 2. The minimum Gasteiger partial charge on any atom is -0.492 e. The van der Waals surface area contributed by atoms with Crippen LogP contribution in [0, 0.1) is 0 Å². The second-order valence-electron chi connectivity index (χ2n) is 5.22. The van der Waals surface area contributed by atoms with Crippen molar-refractivity contribution in [1.82, 2.24) is 15.5 Å². The van der Waals surface area contributed by atoms with E-state index in [1.54, 1.807) is 7.05 Å². The van der Waals surface area contributed by atoms with E-state index in [0.717, 1.165) is 44.2 Å². The van der Waals surface area contributed by atoms with E-state index < -0.39 is 0 Å². The molecule has 6 heteroatoms. The number of carbonyl (C=O) groups is 1. The van der Waals surface area contributed by atoms with Gasteiger partial charge in [-0.15, -0.1) is 0 Å². The highest BCUT2D eigenvalue weighted by atomic mass is 16.5. The third kappa shape index (κ3) is 5.63. The molecule has 1 saturated heterocycles. The second kappa shape index (κ2) is 9.40. The van der Waals surface area contributed by atoms with Crippen molar-refractivity contribution >= 4 is 5.91 Å². The molecule has 0 atom stereocenters. The van der Waals surface area contributed by atoms with E-state index in [1.165, 1.54) is 0 Å². The maximum Gasteiger partial charge on any atom is 0.234 e. The molecule has 0 unspecified atom stereocenters. The molecule has 0 aromatic heterocycles. The molecular weight excluding hydrogens is 282 g/mol. The SMILES string of the molecule is CNCC(=O)NCc1ccccc1OCCN1CCOCC1. The van der Waals surface area contributed by atoms with Gasteiger partial charge in [-0.3, -0.25) is 9.69 Å². The van der Waals surface area contributed by atoms with Crippen LogP contribution in [-0.4, -0.2) is 63.9 Å². The van der Waals surface area contributed by atoms with Gasteiger partial charge in [-0.1, -0.05) is 18.2 Å². The summed E-state index contributed by atoms with van der Waals surface area (Å²) < 4.78 is 11.2. The van der Waals surface area contributed by atoms with Crippen LogP contribution in [0.5, 0.6) is 5.75 Å². The first kappa shape index (κ1) is 16.7. The molecule has 1 aliphatic rings. The Morgan fingerprint density at radius 1 is 1.32 bits per heavy atom. The normalized spacial score (nSPS) is 15.5. The van der Waals surface area contributed by atoms with Crippen LogP contribution in [0.4, 0.5) is 0 Å². The number of hydrogen-bond acceptors (Lipinski definition) is 5. The van der Waals surface area contributed by atoms with Crippen LogP contribution in [0.25, 0.3) is 0 Å². The molecule has 1 heterocycles. The Kier molecular flexibility index (Phi) is 7.15. The van der Waals surface area contributed by atoms with Gasteiger partial charge in [0, 0.05) is 31.7 Å². The van der Waals surface area contributed by atoms with E-state index in [-0.39, 0.29) is 5.91 Å². The lowest BCUT2D eigenvalue weighted by molar-refractivity contribution is -0.120. The molecule has 22 heavy (non-hydrogen) atoms. The number of carbonyl (C=O) groups excluding carboxylic acids is 1. The summed E-state index contributed by atoms with van der Waals surface area (Å²) >= 11 is 0. The third-order valence-electron chi connectivity index (χ3n) is 3.55. The van der Waals surface area contributed by atoms with E-state index >= 15 is 0 Å². The van der Waals surface area contributed by atoms with Gasteiger partial charge in [-0.05, 0) is 13.1 Å². The molecule has 0 saturated carbocycles. The molecule has 1 aromatic rings. The Bertz CT molecular complexity index is 462. The fourth-order valence-corrected chi connectivity index (χ4v) is 2.32. The molecule has 0 bridgehead atoms. The van der Waals surface area contributed by atoms with Crippen LogP contribution in [0.15, 0.2) is 24.3 Å². The van der Waals surface area contributed by atoms with Crippen LogP contribution in [0.1, 0.15) is 5.56 Å². The summed E-state index contributed by atoms with van der Waals surface area (Å²) in [5, 5.41) is 5.70. The summed E-state index contributed by atoms with van der Waals surface area (Å²) in [6.45, 7) is 5.86. The van der Waals surface area contributed by atoms with Crippen molar-refractivity contribution in [2.45, 2.75) is 6.54 Å². The predicted octanol–water partition coefficient (Wildman–Crippen LogP) is 0.233. The number of hydrogen-bond donors (Lipinski definition) is 2. The zero-order valence-electron chi connectivity index (χ0n) is 13.1. The Morgan fingerprint density at radius 2 is 2.09 bits per heavy atom. The number of nitrogens with zero attached hydrogens (tertiary/aromatic N) is 1. The Balaban J connectivity index is 1.78. The van der Waals surface area contributed by atoms with Crippen LogP contribution >= 0.6 is 0 Å². The number of amides is 1. The molecular formula is C16H25N3O3. The van der Waals surface area contributed by atoms with E-state index in [4.69, 9.17) is 9.47 Å². The van der Waals surface area contributed by atoms with Crippen molar-refractivity contribution in [2.24, 2.45) is 0 Å². The number of nitrogens with one attached hydrogen (secondary N) is 2. The van der Waals surface area contributed by atoms with Gasteiger partial charge in [-0.2, -0.15) is 0 Å². The van der Waals surface area contributed by atoms with Crippen molar-refractivity contribution in [3.63, 3.8) is 0 Å². The zero-order valence-corrected chi connectivity index (χ0v) is 13.1. The second-order valence-corrected chi connectivity index (χ2v) is 5.22. The average molecular weight is 307 g/mol. The van der Waals surface area contributed by atoms with Gasteiger partial charge < -0.3 is 20.1 Å². The highest BCUT2D eigenvalue weighted by molar-refractivity contribution is 5.77. The maximum atomic E-state index is 11.5. The standard InChI is InChI=1S/C16H25N3O3/c1-17-13-16(20)18-12-14-4-2-3-5-15(14)22-11-8-19-6-9-21-10-7-19/h2-5,17H,6-13H2,1H3,(H,18,20). The van der Waals surface area contributed by atoms with Gasteiger partial charge in [0.1, 0.15) is 12.4 Å². The Hall–Kier alpha value is -1.63. The largest absolute Gasteiger partial charge is 0.492 e. The van der Waals surface area contributed by atoms with Crippen LogP contribution < -0.4 is 15.4 Å². The predicted molar refractivity (Wildman–Crippen MR) is 85.0 cm³/mol. The summed E-state index contributed by atoms with van der Waals surface area (Å²) in [5.74, 6) is 0.811. The minimum atomic E-state index is -0.0226. The van der Waals surface area contributed by atoms with Crippen molar-refractivity contribution in [2.75, 3.05) is 53.0 Å². The number of likely N-dealkylation sites (N-methyl/N-ethyl adjacent to an activating group) is 1. The lowest BCUT2D eigenvalue weighted by Crippen LogP contribution is -2.38. The topological polar surface area (TPSA) is 62.8 Å². The van der Waals surface area contributed by atoms with Crippen LogP contribution in [0.2, 0.25) is 0 Å². The van der Waals surface area contributed by atoms with Crippen LogP contribution in [-0.2, 0) is 16.1 Å². The molecule has 1 aliphatic heterocycles. The van der Waals surface area contributed by atoms with E-state index in [1.807, 2.05) is 24.3 Å². The fraction of sp³-hybridized carbons (Fsp3) is 0.562. The number of morpholine rings is 1. The molecule has 122 valence electrons. The molecule has 1 amide bonds. The van der Waals surface area contributed by atoms with Gasteiger partial charge in [-0.25, -0.2) is 0 Å². The van der Waals surface area contributed by atoms with Crippen molar-refractivity contribution in [3.05, 3.63) is 29.8 Å². The van der Waals surface area contributed by atoms with Gasteiger partial charge in [0.15, 0.2) is 0 Å². The summed E-state index contributed by atoms with van der Waals surface area (Å²) in [6.07, 6.45) is 0. The first-order valence-corrected chi connectivity index (χ1v) is 7.71. The molecule has 0 radical (unpaired) electrons. The monoisotopic (exact) mass is 307 g/mol. The number of rotatable bonds is 8. The smallest absolute Gasteiger partial charge is 0.234 e. The molecule has 0 spiro atoms. The highest BCUT2D eigenvalue weighted by Crippen LogP contribution is 2.17. The van der Waals surface area contributed by atoms with E-state index in [0.29, 0.717) is 19.7 Å². The Morgan fingerprint density at radius 3 is 2.86 bits per heavy atom. The minimum absolute atomic E-state index is 0.0226. The Labute approximate surface area is 131 Å². The number of benzene rings is 1. The van der Waals surface area contributed by atoms with Crippen LogP contribution in [0.3, 0.4) is 0 Å². The maximum absolute atomic E-state index is 11.5. The fourth-order valence-electron chi connectivity index (χ4n) is 2.32. The molecule has 2 N–H and O–H groups in total. The highest BCUT2D eigenvalue weighted by Gasteiger charge is 2.10. The van der Waals surface area contributed by atoms with Crippen molar-refractivity contribution in [3.8, 4) is 5.75 Å². The zero-order chi connectivity index (χ0) is 15.6. The molecule has 6 nitrogen and oxygen atoms in total. The van der Waals surface area contributed by atoms with Crippen molar-refractivity contribution in [1.29, 1.82) is 0 Å².